The van der Waals surface area contributed by atoms with Crippen molar-refractivity contribution in [3.63, 3.8) is 0 Å². The maximum atomic E-state index is 12.5. The largest absolute Gasteiger partial charge is 0.388 e. The van der Waals surface area contributed by atoms with Crippen molar-refractivity contribution in [1.82, 2.24) is 4.31 Å². The lowest BCUT2D eigenvalue weighted by Crippen LogP contribution is -2.29. The third-order valence-corrected chi connectivity index (χ3v) is 5.04. The number of hydrogen-bond acceptors (Lipinski definition) is 5. The van der Waals surface area contributed by atoms with Crippen LogP contribution in [0, 0.1) is 16.0 Å². The predicted octanol–water partition coefficient (Wildman–Crippen LogP) is 2.30. The normalized spacial score (nSPS) is 11.9. The molecule has 0 spiro atoms. The maximum Gasteiger partial charge on any atom is 0.289 e. The van der Waals surface area contributed by atoms with Crippen LogP contribution in [0.25, 0.3) is 0 Å². The Morgan fingerprint density at radius 3 is 2.48 bits per heavy atom. The summed E-state index contributed by atoms with van der Waals surface area (Å²) < 4.78 is 26.2. The molecule has 0 atom stereocenters. The number of anilines is 1. The van der Waals surface area contributed by atoms with Crippen LogP contribution >= 0.6 is 0 Å². The van der Waals surface area contributed by atoms with Gasteiger partial charge in [-0.05, 0) is 24.5 Å². The summed E-state index contributed by atoms with van der Waals surface area (Å²) >= 11 is 0. The van der Waals surface area contributed by atoms with Crippen LogP contribution in [0.5, 0.6) is 0 Å². The first-order valence-electron chi connectivity index (χ1n) is 6.62. The van der Waals surface area contributed by atoms with Crippen molar-refractivity contribution >= 4 is 21.4 Å². The fraction of sp³-hybridized carbons (Fsp3) is 0.538. The molecule has 0 bridgehead atoms. The monoisotopic (exact) mass is 315 g/mol. The van der Waals surface area contributed by atoms with E-state index in [9.17, 15) is 18.5 Å². The zero-order valence-corrected chi connectivity index (χ0v) is 13.5. The Balaban J connectivity index is 3.25. The molecule has 0 heterocycles. The zero-order chi connectivity index (χ0) is 16.2. The van der Waals surface area contributed by atoms with Crippen molar-refractivity contribution in [3.8, 4) is 0 Å². The van der Waals surface area contributed by atoms with Crippen LogP contribution in [-0.4, -0.2) is 38.3 Å². The van der Waals surface area contributed by atoms with Gasteiger partial charge in [0.05, 0.1) is 4.92 Å². The van der Waals surface area contributed by atoms with E-state index in [0.29, 0.717) is 24.6 Å². The van der Waals surface area contributed by atoms with Gasteiger partial charge in [-0.15, -0.1) is 0 Å². The van der Waals surface area contributed by atoms with E-state index >= 15 is 0 Å². The zero-order valence-electron chi connectivity index (χ0n) is 12.7. The Hall–Kier alpha value is -1.67. The van der Waals surface area contributed by atoms with Gasteiger partial charge in [0.1, 0.15) is 0 Å². The number of nitrogens with zero attached hydrogens (tertiary/aromatic N) is 2. The highest BCUT2D eigenvalue weighted by atomic mass is 32.2. The number of nitro groups is 1. The molecule has 1 rings (SSSR count). The lowest BCUT2D eigenvalue weighted by atomic mass is 10.1. The Bertz CT molecular complexity index is 614. The molecule has 118 valence electrons. The first-order chi connectivity index (χ1) is 9.70. The Kier molecular flexibility index (Phi) is 5.68. The van der Waals surface area contributed by atoms with Crippen molar-refractivity contribution in [2.45, 2.75) is 25.2 Å². The standard InChI is InChI=1S/C13H21N3O4S/c1-10(2)7-8-15(4)21(19,20)13-9-11(14-3)5-6-12(13)16(17)18/h5-6,9-10,14H,7-8H2,1-4H3. The summed E-state index contributed by atoms with van der Waals surface area (Å²) in [5.41, 5.74) is 0.0989. The third kappa shape index (κ3) is 4.15. The minimum Gasteiger partial charge on any atom is -0.388 e. The van der Waals surface area contributed by atoms with Gasteiger partial charge in [0.2, 0.25) is 10.0 Å². The van der Waals surface area contributed by atoms with Crippen LogP contribution in [0.15, 0.2) is 23.1 Å². The van der Waals surface area contributed by atoms with Crippen LogP contribution in [-0.2, 0) is 10.0 Å². The van der Waals surface area contributed by atoms with Gasteiger partial charge in [-0.1, -0.05) is 13.8 Å². The third-order valence-electron chi connectivity index (χ3n) is 3.15. The van der Waals surface area contributed by atoms with Gasteiger partial charge >= 0.3 is 0 Å². The van der Waals surface area contributed by atoms with Crippen LogP contribution < -0.4 is 5.32 Å². The molecule has 0 aliphatic carbocycles. The molecule has 0 saturated carbocycles. The Labute approximate surface area is 125 Å². The van der Waals surface area contributed by atoms with Gasteiger partial charge in [-0.2, -0.15) is 0 Å². The summed E-state index contributed by atoms with van der Waals surface area (Å²) in [6.45, 7) is 4.30. The Morgan fingerprint density at radius 2 is 2.00 bits per heavy atom. The van der Waals surface area contributed by atoms with Crippen molar-refractivity contribution < 1.29 is 13.3 Å². The van der Waals surface area contributed by atoms with Gasteiger partial charge in [-0.25, -0.2) is 12.7 Å². The molecule has 1 N–H and O–H groups in total. The second-order valence-corrected chi connectivity index (χ2v) is 7.21. The molecule has 0 aliphatic rings. The van der Waals surface area contributed by atoms with E-state index in [2.05, 4.69) is 5.32 Å². The van der Waals surface area contributed by atoms with E-state index < -0.39 is 20.6 Å². The van der Waals surface area contributed by atoms with Gasteiger partial charge in [0, 0.05) is 32.4 Å². The molecule has 21 heavy (non-hydrogen) atoms. The average Bonchev–Trinajstić information content (AvgIpc) is 2.43. The molecule has 0 unspecified atom stereocenters. The van der Waals surface area contributed by atoms with Gasteiger partial charge < -0.3 is 5.32 Å². The molecule has 1 aromatic rings. The van der Waals surface area contributed by atoms with Crippen LogP contribution in [0.3, 0.4) is 0 Å². The topological polar surface area (TPSA) is 92.5 Å². The van der Waals surface area contributed by atoms with Crippen molar-refractivity contribution in [2.75, 3.05) is 26.0 Å². The summed E-state index contributed by atoms with van der Waals surface area (Å²) in [5, 5.41) is 13.8. The highest BCUT2D eigenvalue weighted by Crippen LogP contribution is 2.29. The van der Waals surface area contributed by atoms with E-state index in [-0.39, 0.29) is 4.90 Å². The molecule has 0 radical (unpaired) electrons. The van der Waals surface area contributed by atoms with E-state index in [0.717, 1.165) is 4.31 Å². The number of sulfonamides is 1. The van der Waals surface area contributed by atoms with Crippen molar-refractivity contribution in [3.05, 3.63) is 28.3 Å². The molecule has 0 saturated heterocycles. The van der Waals surface area contributed by atoms with E-state index in [1.165, 1.54) is 25.2 Å². The summed E-state index contributed by atoms with van der Waals surface area (Å²) in [5.74, 6) is 0.348. The van der Waals surface area contributed by atoms with E-state index in [1.807, 2.05) is 13.8 Å². The molecule has 0 fully saturated rings. The maximum absolute atomic E-state index is 12.5. The molecule has 0 amide bonds. The second-order valence-electron chi connectivity index (χ2n) is 5.20. The summed E-state index contributed by atoms with van der Waals surface area (Å²) in [6.07, 6.45) is 0.690. The van der Waals surface area contributed by atoms with Gasteiger partial charge in [-0.3, -0.25) is 10.1 Å². The number of hydrogen-bond donors (Lipinski definition) is 1. The molecule has 0 aliphatic heterocycles. The predicted molar refractivity (Wildman–Crippen MR) is 81.9 cm³/mol. The highest BCUT2D eigenvalue weighted by molar-refractivity contribution is 7.89. The molecular weight excluding hydrogens is 294 g/mol. The average molecular weight is 315 g/mol. The number of rotatable bonds is 7. The molecule has 7 nitrogen and oxygen atoms in total. The minimum absolute atomic E-state index is 0.286. The molecule has 1 aromatic carbocycles. The fourth-order valence-corrected chi connectivity index (χ4v) is 3.12. The van der Waals surface area contributed by atoms with Crippen LogP contribution in [0.2, 0.25) is 0 Å². The minimum atomic E-state index is -3.89. The van der Waals surface area contributed by atoms with E-state index in [1.54, 1.807) is 7.05 Å². The second kappa shape index (κ2) is 6.86. The van der Waals surface area contributed by atoms with Gasteiger partial charge in [0.15, 0.2) is 4.90 Å². The lowest BCUT2D eigenvalue weighted by molar-refractivity contribution is -0.387. The molecule has 0 aromatic heterocycles. The summed E-state index contributed by atoms with van der Waals surface area (Å²) in [7, 11) is -0.828. The lowest BCUT2D eigenvalue weighted by Gasteiger charge is -2.18. The number of benzene rings is 1. The van der Waals surface area contributed by atoms with Crippen LogP contribution in [0.4, 0.5) is 11.4 Å². The smallest absolute Gasteiger partial charge is 0.289 e. The summed E-state index contributed by atoms with van der Waals surface area (Å²) in [4.78, 5) is 10.1. The Morgan fingerprint density at radius 1 is 1.38 bits per heavy atom. The highest BCUT2D eigenvalue weighted by Gasteiger charge is 2.29. The number of nitro benzene ring substituents is 1. The molecule has 8 heteroatoms. The quantitative estimate of drug-likeness (QED) is 0.615. The SMILES string of the molecule is CNc1ccc([N+](=O)[O-])c(S(=O)(=O)N(C)CCC(C)C)c1. The van der Waals surface area contributed by atoms with Crippen LogP contribution in [0.1, 0.15) is 20.3 Å². The first-order valence-corrected chi connectivity index (χ1v) is 8.06. The van der Waals surface area contributed by atoms with E-state index in [4.69, 9.17) is 0 Å². The first kappa shape index (κ1) is 17.4. The molecular formula is C13H21N3O4S. The van der Waals surface area contributed by atoms with Crippen molar-refractivity contribution in [2.24, 2.45) is 5.92 Å². The van der Waals surface area contributed by atoms with Crippen molar-refractivity contribution in [1.29, 1.82) is 0 Å². The van der Waals surface area contributed by atoms with Gasteiger partial charge in [0.25, 0.3) is 5.69 Å². The summed E-state index contributed by atoms with van der Waals surface area (Å²) in [6, 6.07) is 3.97. The number of nitrogens with one attached hydrogen (secondary N) is 1. The fourth-order valence-electron chi connectivity index (χ4n) is 1.76.